The third-order valence-corrected chi connectivity index (χ3v) is 4.87. The molecule has 0 aromatic heterocycles. The maximum Gasteiger partial charge on any atom is 0.284 e. The molecule has 9 heteroatoms. The molecule has 26 heavy (non-hydrogen) atoms. The highest BCUT2D eigenvalue weighted by Gasteiger charge is 2.19. The van der Waals surface area contributed by atoms with E-state index in [1.54, 1.807) is 12.1 Å². The van der Waals surface area contributed by atoms with Gasteiger partial charge in [0.2, 0.25) is 0 Å². The van der Waals surface area contributed by atoms with Crippen molar-refractivity contribution in [1.29, 1.82) is 0 Å². The number of ether oxygens (including phenoxy) is 1. The summed E-state index contributed by atoms with van der Waals surface area (Å²) in [5.74, 6) is -0.447. The Hall–Kier alpha value is -2.16. The number of carbonyl (C=O) groups excluding carboxylic acids is 1. The summed E-state index contributed by atoms with van der Waals surface area (Å²) in [5, 5.41) is 14.4. The Bertz CT molecular complexity index is 856. The molecule has 1 aliphatic rings. The predicted octanol–water partition coefficient (Wildman–Crippen LogP) is 4.10. The Labute approximate surface area is 163 Å². The zero-order valence-corrected chi connectivity index (χ0v) is 15.9. The maximum atomic E-state index is 12.6. The van der Waals surface area contributed by atoms with Crippen LogP contribution in [0.25, 0.3) is 0 Å². The van der Waals surface area contributed by atoms with Crippen LogP contribution in [0.1, 0.15) is 10.4 Å². The molecule has 1 fully saturated rings. The second-order valence-corrected chi connectivity index (χ2v) is 6.93. The van der Waals surface area contributed by atoms with Gasteiger partial charge in [0.1, 0.15) is 0 Å². The van der Waals surface area contributed by atoms with Crippen LogP contribution in [0.15, 0.2) is 40.9 Å². The number of nitrogens with one attached hydrogen (secondary N) is 1. The van der Waals surface area contributed by atoms with Crippen molar-refractivity contribution in [1.82, 2.24) is 0 Å². The minimum atomic E-state index is -0.542. The Balaban J connectivity index is 1.88. The Morgan fingerprint density at radius 1 is 1.23 bits per heavy atom. The number of benzene rings is 2. The van der Waals surface area contributed by atoms with Crippen molar-refractivity contribution in [2.75, 3.05) is 36.5 Å². The number of halogens is 2. The summed E-state index contributed by atoms with van der Waals surface area (Å²) in [6, 6.07) is 9.49. The maximum absolute atomic E-state index is 12.6. The molecule has 0 radical (unpaired) electrons. The third-order valence-electron chi connectivity index (χ3n) is 3.96. The number of morpholine rings is 1. The number of hydrogen-bond donors (Lipinski definition) is 1. The van der Waals surface area contributed by atoms with Gasteiger partial charge in [0.15, 0.2) is 0 Å². The summed E-state index contributed by atoms with van der Waals surface area (Å²) in [6.07, 6.45) is 0. The average Bonchev–Trinajstić information content (AvgIpc) is 2.62. The lowest BCUT2D eigenvalue weighted by Crippen LogP contribution is -2.36. The minimum absolute atomic E-state index is 0.169. The number of anilines is 2. The summed E-state index contributed by atoms with van der Waals surface area (Å²) in [7, 11) is 0. The summed E-state index contributed by atoms with van der Waals surface area (Å²) in [6.45, 7) is 2.62. The van der Waals surface area contributed by atoms with Gasteiger partial charge in [-0.25, -0.2) is 0 Å². The molecule has 136 valence electrons. The number of nitro benzene ring substituents is 1. The molecule has 0 aliphatic carbocycles. The molecule has 1 saturated heterocycles. The van der Waals surface area contributed by atoms with Gasteiger partial charge in [-0.05, 0) is 46.3 Å². The van der Waals surface area contributed by atoms with Crippen molar-refractivity contribution < 1.29 is 14.5 Å². The van der Waals surface area contributed by atoms with Crippen LogP contribution in [0, 0.1) is 10.1 Å². The zero-order chi connectivity index (χ0) is 18.7. The fourth-order valence-electron chi connectivity index (χ4n) is 2.68. The van der Waals surface area contributed by atoms with E-state index >= 15 is 0 Å². The topological polar surface area (TPSA) is 84.7 Å². The van der Waals surface area contributed by atoms with Gasteiger partial charge in [-0.2, -0.15) is 0 Å². The lowest BCUT2D eigenvalue weighted by molar-refractivity contribution is -0.385. The van der Waals surface area contributed by atoms with E-state index in [4.69, 9.17) is 16.3 Å². The monoisotopic (exact) mass is 439 g/mol. The number of hydrogen-bond acceptors (Lipinski definition) is 5. The molecule has 1 aliphatic heterocycles. The van der Waals surface area contributed by atoms with Gasteiger partial charge >= 0.3 is 0 Å². The first-order valence-corrected chi connectivity index (χ1v) is 9.00. The SMILES string of the molecule is O=C(Nc1cc(Cl)ccc1N1CCOCC1)c1ccc(Br)c([N+](=O)[O-])c1. The van der Waals surface area contributed by atoms with E-state index in [9.17, 15) is 14.9 Å². The van der Waals surface area contributed by atoms with Crippen molar-refractivity contribution in [2.45, 2.75) is 0 Å². The average molecular weight is 441 g/mol. The van der Waals surface area contributed by atoms with E-state index in [0.29, 0.717) is 41.5 Å². The molecule has 0 bridgehead atoms. The lowest BCUT2D eigenvalue weighted by atomic mass is 10.1. The minimum Gasteiger partial charge on any atom is -0.378 e. The van der Waals surface area contributed by atoms with E-state index in [-0.39, 0.29) is 11.3 Å². The summed E-state index contributed by atoms with van der Waals surface area (Å²) < 4.78 is 5.67. The second-order valence-electron chi connectivity index (χ2n) is 5.64. The molecule has 0 unspecified atom stereocenters. The van der Waals surface area contributed by atoms with Crippen LogP contribution in [0.2, 0.25) is 5.02 Å². The third kappa shape index (κ3) is 4.14. The van der Waals surface area contributed by atoms with Crippen LogP contribution in [-0.4, -0.2) is 37.1 Å². The summed E-state index contributed by atoms with van der Waals surface area (Å²) in [4.78, 5) is 25.2. The number of nitro groups is 1. The van der Waals surface area contributed by atoms with Gasteiger partial charge in [0, 0.05) is 29.7 Å². The van der Waals surface area contributed by atoms with Crippen LogP contribution >= 0.6 is 27.5 Å². The Morgan fingerprint density at radius 2 is 1.96 bits per heavy atom. The number of carbonyl (C=O) groups is 1. The molecular weight excluding hydrogens is 426 g/mol. The van der Waals surface area contributed by atoms with Crippen molar-refractivity contribution in [3.63, 3.8) is 0 Å². The fraction of sp³-hybridized carbons (Fsp3) is 0.235. The van der Waals surface area contributed by atoms with Crippen LogP contribution in [-0.2, 0) is 4.74 Å². The van der Waals surface area contributed by atoms with Crippen molar-refractivity contribution in [2.24, 2.45) is 0 Å². The quantitative estimate of drug-likeness (QED) is 0.571. The van der Waals surface area contributed by atoms with Gasteiger partial charge in [0.25, 0.3) is 11.6 Å². The molecule has 1 heterocycles. The molecule has 0 spiro atoms. The smallest absolute Gasteiger partial charge is 0.284 e. The largest absolute Gasteiger partial charge is 0.378 e. The predicted molar refractivity (Wildman–Crippen MR) is 103 cm³/mol. The summed E-state index contributed by atoms with van der Waals surface area (Å²) in [5.41, 5.74) is 1.40. The Kier molecular flexibility index (Phi) is 5.75. The molecule has 2 aromatic rings. The highest BCUT2D eigenvalue weighted by Crippen LogP contribution is 2.31. The standard InChI is InChI=1S/C17H15BrClN3O4/c18-13-3-1-11(9-16(13)22(24)25)17(23)20-14-10-12(19)2-4-15(14)21-5-7-26-8-6-21/h1-4,9-10H,5-8H2,(H,20,23). The van der Waals surface area contributed by atoms with Crippen LogP contribution < -0.4 is 10.2 Å². The number of amides is 1. The van der Waals surface area contributed by atoms with E-state index < -0.39 is 10.8 Å². The first-order chi connectivity index (χ1) is 12.5. The van der Waals surface area contributed by atoms with Gasteiger partial charge in [-0.3, -0.25) is 14.9 Å². The molecular formula is C17H15BrClN3O4. The fourth-order valence-corrected chi connectivity index (χ4v) is 3.24. The number of rotatable bonds is 4. The van der Waals surface area contributed by atoms with E-state index in [2.05, 4.69) is 26.1 Å². The van der Waals surface area contributed by atoms with Crippen LogP contribution in [0.4, 0.5) is 17.1 Å². The first kappa shape index (κ1) is 18.6. The highest BCUT2D eigenvalue weighted by atomic mass is 79.9. The second kappa shape index (κ2) is 8.03. The number of nitrogens with zero attached hydrogens (tertiary/aromatic N) is 2. The molecule has 0 atom stereocenters. The summed E-state index contributed by atoms with van der Waals surface area (Å²) >= 11 is 9.19. The molecule has 0 saturated carbocycles. The van der Waals surface area contributed by atoms with Gasteiger partial charge in [-0.15, -0.1) is 0 Å². The first-order valence-electron chi connectivity index (χ1n) is 7.83. The molecule has 7 nitrogen and oxygen atoms in total. The van der Waals surface area contributed by atoms with E-state index in [1.807, 2.05) is 6.07 Å². The van der Waals surface area contributed by atoms with Gasteiger partial charge in [-0.1, -0.05) is 11.6 Å². The normalized spacial score (nSPS) is 14.2. The molecule has 3 rings (SSSR count). The zero-order valence-electron chi connectivity index (χ0n) is 13.6. The molecule has 1 amide bonds. The highest BCUT2D eigenvalue weighted by molar-refractivity contribution is 9.10. The van der Waals surface area contributed by atoms with Crippen LogP contribution in [0.5, 0.6) is 0 Å². The molecule has 2 aromatic carbocycles. The lowest BCUT2D eigenvalue weighted by Gasteiger charge is -2.30. The van der Waals surface area contributed by atoms with E-state index in [1.165, 1.54) is 18.2 Å². The Morgan fingerprint density at radius 3 is 2.65 bits per heavy atom. The van der Waals surface area contributed by atoms with Crippen molar-refractivity contribution >= 4 is 50.5 Å². The van der Waals surface area contributed by atoms with Crippen molar-refractivity contribution in [3.05, 3.63) is 61.6 Å². The van der Waals surface area contributed by atoms with Crippen LogP contribution in [0.3, 0.4) is 0 Å². The van der Waals surface area contributed by atoms with Gasteiger partial charge < -0.3 is 15.0 Å². The van der Waals surface area contributed by atoms with Crippen molar-refractivity contribution in [3.8, 4) is 0 Å². The molecule has 1 N–H and O–H groups in total. The van der Waals surface area contributed by atoms with E-state index in [0.717, 1.165) is 5.69 Å². The van der Waals surface area contributed by atoms with Gasteiger partial charge in [0.05, 0.1) is 34.0 Å².